The number of rotatable bonds is 6. The number of nitrogens with zero attached hydrogens (tertiary/aromatic N) is 1. The van der Waals surface area contributed by atoms with Crippen LogP contribution in [0, 0.1) is 11.7 Å². The SMILES string of the molecule is NC(=O)CCC(=O)N1CCCC(CNC(=O)c2ccc(F)cc2)C1. The van der Waals surface area contributed by atoms with Gasteiger partial charge in [0.25, 0.3) is 5.91 Å². The molecule has 0 bridgehead atoms. The standard InChI is InChI=1S/C17H22FN3O3/c18-14-5-3-13(4-6-14)17(24)20-10-12-2-1-9-21(11-12)16(23)8-7-15(19)22/h3-6,12H,1-2,7-11H2,(H2,19,22)(H,20,24). The average Bonchev–Trinajstić information content (AvgIpc) is 2.58. The molecule has 24 heavy (non-hydrogen) atoms. The predicted octanol–water partition coefficient (Wildman–Crippen LogP) is 1.06. The molecule has 2 rings (SSSR count). The zero-order valence-corrected chi connectivity index (χ0v) is 13.5. The topological polar surface area (TPSA) is 92.5 Å². The average molecular weight is 335 g/mol. The fraction of sp³-hybridized carbons (Fsp3) is 0.471. The second-order valence-corrected chi connectivity index (χ2v) is 6.03. The van der Waals surface area contributed by atoms with Crippen molar-refractivity contribution in [3.8, 4) is 0 Å². The number of benzene rings is 1. The van der Waals surface area contributed by atoms with Gasteiger partial charge in [-0.1, -0.05) is 0 Å². The van der Waals surface area contributed by atoms with Crippen LogP contribution in [0.5, 0.6) is 0 Å². The monoisotopic (exact) mass is 335 g/mol. The van der Waals surface area contributed by atoms with E-state index < -0.39 is 5.91 Å². The van der Waals surface area contributed by atoms with Crippen LogP contribution in [-0.2, 0) is 9.59 Å². The third kappa shape index (κ3) is 5.33. The van der Waals surface area contributed by atoms with Crippen molar-refractivity contribution in [1.82, 2.24) is 10.2 Å². The summed E-state index contributed by atoms with van der Waals surface area (Å²) in [6.07, 6.45) is 1.97. The summed E-state index contributed by atoms with van der Waals surface area (Å²) < 4.78 is 12.9. The number of halogens is 1. The Kier molecular flexibility index (Phi) is 6.28. The Hall–Kier alpha value is -2.44. The van der Waals surface area contributed by atoms with Gasteiger partial charge in [0.2, 0.25) is 11.8 Å². The molecule has 6 nitrogen and oxygen atoms in total. The third-order valence-electron chi connectivity index (χ3n) is 4.11. The molecule has 3 N–H and O–H groups in total. The Balaban J connectivity index is 1.80. The van der Waals surface area contributed by atoms with Crippen LogP contribution in [0.25, 0.3) is 0 Å². The molecule has 0 aliphatic carbocycles. The number of hydrogen-bond donors (Lipinski definition) is 2. The summed E-state index contributed by atoms with van der Waals surface area (Å²) in [6.45, 7) is 1.68. The number of likely N-dealkylation sites (tertiary alicyclic amines) is 1. The fourth-order valence-electron chi connectivity index (χ4n) is 2.79. The van der Waals surface area contributed by atoms with E-state index >= 15 is 0 Å². The molecule has 1 aliphatic rings. The lowest BCUT2D eigenvalue weighted by molar-refractivity contribution is -0.134. The van der Waals surface area contributed by atoms with E-state index in [4.69, 9.17) is 5.73 Å². The molecule has 130 valence electrons. The largest absolute Gasteiger partial charge is 0.370 e. The maximum Gasteiger partial charge on any atom is 0.251 e. The van der Waals surface area contributed by atoms with Gasteiger partial charge >= 0.3 is 0 Å². The molecular formula is C17H22FN3O3. The first kappa shape index (κ1) is 17.9. The minimum Gasteiger partial charge on any atom is -0.370 e. The molecule has 1 saturated heterocycles. The number of carbonyl (C=O) groups excluding carboxylic acids is 3. The number of carbonyl (C=O) groups is 3. The molecular weight excluding hydrogens is 313 g/mol. The van der Waals surface area contributed by atoms with Crippen LogP contribution >= 0.6 is 0 Å². The summed E-state index contributed by atoms with van der Waals surface area (Å²) >= 11 is 0. The van der Waals surface area contributed by atoms with E-state index in [1.54, 1.807) is 4.90 Å². The molecule has 1 heterocycles. The van der Waals surface area contributed by atoms with Gasteiger partial charge in [-0.3, -0.25) is 14.4 Å². The van der Waals surface area contributed by atoms with Crippen LogP contribution in [0.2, 0.25) is 0 Å². The van der Waals surface area contributed by atoms with E-state index in [-0.39, 0.29) is 36.4 Å². The lowest BCUT2D eigenvalue weighted by atomic mass is 9.97. The summed E-state index contributed by atoms with van der Waals surface area (Å²) in [5, 5.41) is 2.82. The lowest BCUT2D eigenvalue weighted by Gasteiger charge is -2.33. The summed E-state index contributed by atoms with van der Waals surface area (Å²) in [5.74, 6) is -1.04. The molecule has 1 aromatic rings. The Morgan fingerprint density at radius 3 is 2.58 bits per heavy atom. The van der Waals surface area contributed by atoms with Crippen LogP contribution in [0.4, 0.5) is 4.39 Å². The first-order valence-electron chi connectivity index (χ1n) is 8.05. The predicted molar refractivity (Wildman–Crippen MR) is 86.5 cm³/mol. The van der Waals surface area contributed by atoms with Gasteiger partial charge < -0.3 is 16.0 Å². The maximum atomic E-state index is 12.9. The minimum atomic E-state index is -0.483. The zero-order chi connectivity index (χ0) is 17.5. The fourth-order valence-corrected chi connectivity index (χ4v) is 2.79. The van der Waals surface area contributed by atoms with E-state index in [1.807, 2.05) is 0 Å². The van der Waals surface area contributed by atoms with Crippen LogP contribution in [-0.4, -0.2) is 42.3 Å². The van der Waals surface area contributed by atoms with E-state index in [2.05, 4.69) is 5.32 Å². The molecule has 3 amide bonds. The van der Waals surface area contributed by atoms with Gasteiger partial charge in [-0.25, -0.2) is 4.39 Å². The third-order valence-corrected chi connectivity index (χ3v) is 4.11. The number of primary amides is 1. The number of amides is 3. The summed E-state index contributed by atoms with van der Waals surface area (Å²) in [4.78, 5) is 36.5. The van der Waals surface area contributed by atoms with Gasteiger partial charge in [0, 0.05) is 38.0 Å². The van der Waals surface area contributed by atoms with Crippen molar-refractivity contribution < 1.29 is 18.8 Å². The molecule has 1 aromatic carbocycles. The van der Waals surface area contributed by atoms with Crippen molar-refractivity contribution in [2.75, 3.05) is 19.6 Å². The van der Waals surface area contributed by atoms with Gasteiger partial charge in [0.05, 0.1) is 0 Å². The minimum absolute atomic E-state index is 0.0568. The van der Waals surface area contributed by atoms with E-state index in [0.717, 1.165) is 12.8 Å². The number of nitrogens with two attached hydrogens (primary N) is 1. The lowest BCUT2D eigenvalue weighted by Crippen LogP contribution is -2.43. The van der Waals surface area contributed by atoms with Crippen molar-refractivity contribution in [3.63, 3.8) is 0 Å². The molecule has 1 aliphatic heterocycles. The van der Waals surface area contributed by atoms with Gasteiger partial charge in [0.1, 0.15) is 5.82 Å². The highest BCUT2D eigenvalue weighted by Crippen LogP contribution is 2.17. The van der Waals surface area contributed by atoms with Gasteiger partial charge in [-0.05, 0) is 43.0 Å². The molecule has 0 aromatic heterocycles. The Bertz CT molecular complexity index is 604. The van der Waals surface area contributed by atoms with Crippen LogP contribution < -0.4 is 11.1 Å². The quantitative estimate of drug-likeness (QED) is 0.814. The molecule has 1 unspecified atom stereocenters. The number of nitrogens with one attached hydrogen (secondary N) is 1. The Morgan fingerprint density at radius 2 is 1.92 bits per heavy atom. The van der Waals surface area contributed by atoms with Crippen molar-refractivity contribution in [1.29, 1.82) is 0 Å². The van der Waals surface area contributed by atoms with Crippen molar-refractivity contribution in [2.45, 2.75) is 25.7 Å². The number of hydrogen-bond acceptors (Lipinski definition) is 3. The molecule has 7 heteroatoms. The molecule has 1 atom stereocenters. The van der Waals surface area contributed by atoms with E-state index in [1.165, 1.54) is 24.3 Å². The highest BCUT2D eigenvalue weighted by molar-refractivity contribution is 5.94. The normalized spacial score (nSPS) is 17.4. The highest BCUT2D eigenvalue weighted by atomic mass is 19.1. The number of piperidine rings is 1. The first-order chi connectivity index (χ1) is 11.5. The highest BCUT2D eigenvalue weighted by Gasteiger charge is 2.24. The van der Waals surface area contributed by atoms with E-state index in [9.17, 15) is 18.8 Å². The summed E-state index contributed by atoms with van der Waals surface area (Å²) in [6, 6.07) is 5.36. The van der Waals surface area contributed by atoms with Crippen molar-refractivity contribution >= 4 is 17.7 Å². The molecule has 1 fully saturated rings. The molecule has 0 saturated carbocycles. The summed E-state index contributed by atoms with van der Waals surface area (Å²) in [7, 11) is 0. The van der Waals surface area contributed by atoms with Gasteiger partial charge in [-0.15, -0.1) is 0 Å². The second-order valence-electron chi connectivity index (χ2n) is 6.03. The van der Waals surface area contributed by atoms with Crippen LogP contribution in [0.15, 0.2) is 24.3 Å². The second kappa shape index (κ2) is 8.42. The van der Waals surface area contributed by atoms with Crippen LogP contribution in [0.1, 0.15) is 36.0 Å². The van der Waals surface area contributed by atoms with Crippen molar-refractivity contribution in [2.24, 2.45) is 11.7 Å². The summed E-state index contributed by atoms with van der Waals surface area (Å²) in [5.41, 5.74) is 5.47. The molecule has 0 spiro atoms. The molecule has 0 radical (unpaired) electrons. The van der Waals surface area contributed by atoms with Gasteiger partial charge in [0.15, 0.2) is 0 Å². The van der Waals surface area contributed by atoms with E-state index in [0.29, 0.717) is 25.2 Å². The first-order valence-corrected chi connectivity index (χ1v) is 8.05. The van der Waals surface area contributed by atoms with Gasteiger partial charge in [-0.2, -0.15) is 0 Å². The Labute approximate surface area is 140 Å². The Morgan fingerprint density at radius 1 is 1.21 bits per heavy atom. The zero-order valence-electron chi connectivity index (χ0n) is 13.5. The van der Waals surface area contributed by atoms with Crippen LogP contribution in [0.3, 0.4) is 0 Å². The maximum absolute atomic E-state index is 12.9. The van der Waals surface area contributed by atoms with Crippen molar-refractivity contribution in [3.05, 3.63) is 35.6 Å². The smallest absolute Gasteiger partial charge is 0.251 e.